The van der Waals surface area contributed by atoms with Gasteiger partial charge >= 0.3 is 6.09 Å². The molecule has 1 aliphatic heterocycles. The van der Waals surface area contributed by atoms with Gasteiger partial charge in [-0.2, -0.15) is 0 Å². The number of nitrogens with zero attached hydrogens (tertiary/aromatic N) is 1. The van der Waals surface area contributed by atoms with Crippen molar-refractivity contribution >= 4 is 6.09 Å². The molecule has 0 aromatic carbocycles. The molecule has 0 aliphatic carbocycles. The first-order chi connectivity index (χ1) is 7.42. The van der Waals surface area contributed by atoms with E-state index in [1.165, 1.54) is 6.42 Å². The van der Waals surface area contributed by atoms with E-state index in [9.17, 15) is 4.79 Å². The van der Waals surface area contributed by atoms with Gasteiger partial charge in [0, 0.05) is 14.5 Å². The molecule has 0 spiro atoms. The molecule has 96 valence electrons. The summed E-state index contributed by atoms with van der Waals surface area (Å²) in [5.74, 6) is 0.561. The van der Waals surface area contributed by atoms with Crippen LogP contribution >= 0.6 is 0 Å². The molecule has 1 fully saturated rings. The first-order valence-electron chi connectivity index (χ1n) is 6.05. The molecule has 0 radical (unpaired) electrons. The monoisotopic (exact) mass is 230 g/mol. The molecule has 1 aliphatic rings. The summed E-state index contributed by atoms with van der Waals surface area (Å²) in [7, 11) is 1.95. The zero-order chi connectivity index (χ0) is 12.2. The maximum atomic E-state index is 11.8. The Kier molecular flexibility index (Phi) is 4.59. The van der Waals surface area contributed by atoms with E-state index >= 15 is 0 Å². The number of likely N-dealkylation sites (tertiary alicyclic amines) is 1. The van der Waals surface area contributed by atoms with Gasteiger partial charge in [0.2, 0.25) is 0 Å². The van der Waals surface area contributed by atoms with E-state index in [0.29, 0.717) is 5.92 Å². The summed E-state index contributed by atoms with van der Waals surface area (Å²) in [4.78, 5) is 13.7. The summed E-state index contributed by atoms with van der Waals surface area (Å²) in [6.07, 6.45) is 2.10. The number of hydrogen-bond acceptors (Lipinski definition) is 3. The van der Waals surface area contributed by atoms with Gasteiger partial charge in [-0.25, -0.2) is 4.79 Å². The van der Waals surface area contributed by atoms with Crippen LogP contribution in [0.3, 0.4) is 0 Å². The predicted octanol–water partition coefficient (Wildman–Crippen LogP) is 2.10. The van der Waals surface area contributed by atoms with Gasteiger partial charge in [-0.1, -0.05) is 0 Å². The number of piperidine rings is 1. The fraction of sp³-hybridized carbons (Fsp3) is 0.917. The predicted molar refractivity (Wildman–Crippen MR) is 66.6 cm³/mol. The molecule has 1 amide bonds. The van der Waals surface area contributed by atoms with Crippen LogP contribution in [0.4, 0.5) is 4.79 Å². The smallest absolute Gasteiger partial charge is 0.410 e. The van der Waals surface area contributed by atoms with Gasteiger partial charge in [-0.15, -0.1) is 0 Å². The van der Waals surface area contributed by atoms with Crippen LogP contribution in [0.15, 0.2) is 0 Å². The second-order valence-corrected chi connectivity index (χ2v) is 5.49. The lowest BCUT2D eigenvalue weighted by atomic mass is 9.98. The highest BCUT2D eigenvalue weighted by Gasteiger charge is 2.27. The average molecular weight is 230 g/mol. The summed E-state index contributed by atoms with van der Waals surface area (Å²) in [6.45, 7) is 8.32. The number of amides is 1. The number of ether oxygens (including phenoxy) is 1. The Bertz CT molecular complexity index is 239. The summed E-state index contributed by atoms with van der Waals surface area (Å²) in [6, 6.07) is 0. The maximum absolute atomic E-state index is 11.8. The molecule has 0 bridgehead atoms. The van der Waals surface area contributed by atoms with Gasteiger partial charge in [0.15, 0.2) is 0 Å². The van der Waals surface area contributed by atoms with Gasteiger partial charge in [-0.05, 0) is 53.1 Å². The molecule has 1 N–H and O–H groups in total. The first kappa shape index (κ1) is 13.3. The Morgan fingerprint density at radius 3 is 2.81 bits per heavy atom. The highest BCUT2D eigenvalue weighted by Crippen LogP contribution is 2.18. The Morgan fingerprint density at radius 2 is 2.25 bits per heavy atom. The summed E-state index contributed by atoms with van der Waals surface area (Å²) < 4.78 is 5.37. The van der Waals surface area contributed by atoms with E-state index in [1.807, 2.05) is 32.7 Å². The van der Waals surface area contributed by atoms with E-state index in [4.69, 9.17) is 4.74 Å². The third-order valence-corrected chi connectivity index (χ3v) is 2.66. The van der Waals surface area contributed by atoms with Crippen molar-refractivity contribution in [3.63, 3.8) is 0 Å². The number of carbonyl (C=O) groups excluding carboxylic acids is 1. The molecule has 4 nitrogen and oxygen atoms in total. The van der Waals surface area contributed by atoms with Crippen LogP contribution in [-0.4, -0.2) is 43.3 Å². The van der Waals surface area contributed by atoms with Crippen molar-refractivity contribution in [2.45, 2.75) is 39.2 Å². The van der Waals surface area contributed by atoms with Gasteiger partial charge in [0.1, 0.15) is 5.60 Å². The third kappa shape index (κ3) is 4.39. The molecule has 1 atom stereocenters. The van der Waals surface area contributed by atoms with Crippen molar-refractivity contribution in [3.05, 3.63) is 0 Å². The van der Waals surface area contributed by atoms with Gasteiger partial charge < -0.3 is 15.0 Å². The zero-order valence-electron chi connectivity index (χ0n) is 10.9. The van der Waals surface area contributed by atoms with E-state index < -0.39 is 5.60 Å². The molecule has 1 unspecified atom stereocenters. The molecule has 1 rings (SSSR count). The van der Waals surface area contributed by atoms with Gasteiger partial charge in [0.25, 0.3) is 0 Å². The average Bonchev–Trinajstić information content (AvgIpc) is 2.16. The normalized spacial score (nSPS) is 22.0. The highest BCUT2D eigenvalue weighted by molar-refractivity contribution is 5.68. The Morgan fingerprint density at radius 1 is 1.56 bits per heavy atom. The second-order valence-electron chi connectivity index (χ2n) is 5.49. The molecule has 1 heterocycles. The minimum absolute atomic E-state index is 0. The van der Waals surface area contributed by atoms with Gasteiger partial charge in [-0.3, -0.25) is 0 Å². The largest absolute Gasteiger partial charge is 0.444 e. The highest BCUT2D eigenvalue weighted by atomic mass is 16.6. The van der Waals surface area contributed by atoms with Crippen LogP contribution in [0.1, 0.15) is 35.0 Å². The zero-order valence-corrected chi connectivity index (χ0v) is 10.9. The summed E-state index contributed by atoms with van der Waals surface area (Å²) >= 11 is 0. The standard InChI is InChI=1S/C12H24N2O2.H2/c1-12(2,3)16-11(15)14-7-5-6-10(9-14)8-13-4;/h10,13H,5-9H2,1-4H3;1H. The molecular formula is C12H26N2O2. The quantitative estimate of drug-likeness (QED) is 0.790. The van der Waals surface area contributed by atoms with E-state index in [1.54, 1.807) is 0 Å². The van der Waals surface area contributed by atoms with Crippen LogP contribution in [0.2, 0.25) is 0 Å². The third-order valence-electron chi connectivity index (χ3n) is 2.66. The van der Waals surface area contributed by atoms with Crippen molar-refractivity contribution in [1.29, 1.82) is 0 Å². The number of nitrogens with one attached hydrogen (secondary N) is 1. The Hall–Kier alpha value is -0.770. The lowest BCUT2D eigenvalue weighted by Crippen LogP contribution is -2.44. The Balaban J connectivity index is 0.00000256. The second kappa shape index (κ2) is 5.53. The fourth-order valence-electron chi connectivity index (χ4n) is 2.01. The summed E-state index contributed by atoms with van der Waals surface area (Å²) in [5, 5.41) is 3.17. The first-order valence-corrected chi connectivity index (χ1v) is 6.05. The van der Waals surface area contributed by atoms with Crippen LogP contribution in [0.5, 0.6) is 0 Å². The molecule has 1 saturated heterocycles. The molecular weight excluding hydrogens is 204 g/mol. The molecule has 0 aromatic heterocycles. The van der Waals surface area contributed by atoms with Gasteiger partial charge in [0.05, 0.1) is 0 Å². The number of hydrogen-bond donors (Lipinski definition) is 1. The number of rotatable bonds is 2. The minimum Gasteiger partial charge on any atom is -0.444 e. The van der Waals surface area contributed by atoms with Crippen LogP contribution < -0.4 is 5.32 Å². The number of carbonyl (C=O) groups is 1. The molecule has 4 heteroatoms. The van der Waals surface area contributed by atoms with Crippen LogP contribution in [0, 0.1) is 5.92 Å². The van der Waals surface area contributed by atoms with E-state index in [2.05, 4.69) is 5.32 Å². The van der Waals surface area contributed by atoms with Crippen LogP contribution in [0.25, 0.3) is 0 Å². The molecule has 0 saturated carbocycles. The van der Waals surface area contributed by atoms with Crippen molar-refractivity contribution < 1.29 is 11.0 Å². The Labute approximate surface area is 99.8 Å². The van der Waals surface area contributed by atoms with Crippen molar-refractivity contribution in [3.8, 4) is 0 Å². The SMILES string of the molecule is CNCC1CCCN(C(=O)OC(C)(C)C)C1.[HH]. The van der Waals surface area contributed by atoms with E-state index in [0.717, 1.165) is 26.1 Å². The topological polar surface area (TPSA) is 41.6 Å². The molecule has 0 aromatic rings. The fourth-order valence-corrected chi connectivity index (χ4v) is 2.01. The molecule has 16 heavy (non-hydrogen) atoms. The lowest BCUT2D eigenvalue weighted by molar-refractivity contribution is 0.0167. The van der Waals surface area contributed by atoms with Crippen molar-refractivity contribution in [1.82, 2.24) is 10.2 Å². The van der Waals surface area contributed by atoms with Crippen molar-refractivity contribution in [2.24, 2.45) is 5.92 Å². The van der Waals surface area contributed by atoms with Crippen LogP contribution in [-0.2, 0) is 4.74 Å². The van der Waals surface area contributed by atoms with E-state index in [-0.39, 0.29) is 7.52 Å². The maximum Gasteiger partial charge on any atom is 0.410 e. The lowest BCUT2D eigenvalue weighted by Gasteiger charge is -2.34. The van der Waals surface area contributed by atoms with Crippen molar-refractivity contribution in [2.75, 3.05) is 26.7 Å². The summed E-state index contributed by atoms with van der Waals surface area (Å²) in [5.41, 5.74) is -0.396. The minimum atomic E-state index is -0.396.